The first-order valence-corrected chi connectivity index (χ1v) is 7.84. The quantitative estimate of drug-likeness (QED) is 0.513. The molecule has 3 aromatic carbocycles. The summed E-state index contributed by atoms with van der Waals surface area (Å²) in [6.45, 7) is 1.95. The number of rotatable bonds is 4. The van der Waals surface area contributed by atoms with E-state index < -0.39 is 0 Å². The maximum absolute atomic E-state index is 5.90. The van der Waals surface area contributed by atoms with Crippen LogP contribution in [0.15, 0.2) is 66.7 Å². The molecule has 0 radical (unpaired) electrons. The highest BCUT2D eigenvalue weighted by Crippen LogP contribution is 2.34. The fourth-order valence-corrected chi connectivity index (χ4v) is 2.33. The molecule has 0 spiro atoms. The average Bonchev–Trinajstić information content (AvgIpc) is 2.55. The van der Waals surface area contributed by atoms with Crippen molar-refractivity contribution >= 4 is 23.2 Å². The van der Waals surface area contributed by atoms with Gasteiger partial charge in [0.05, 0.1) is 0 Å². The molecule has 0 unspecified atom stereocenters. The van der Waals surface area contributed by atoms with Gasteiger partial charge in [-0.05, 0) is 67.6 Å². The molecule has 0 N–H and O–H groups in total. The van der Waals surface area contributed by atoms with Crippen LogP contribution < -0.4 is 9.47 Å². The lowest BCUT2D eigenvalue weighted by Crippen LogP contribution is -1.92. The Hall–Kier alpha value is -2.16. The van der Waals surface area contributed by atoms with Gasteiger partial charge in [-0.3, -0.25) is 0 Å². The summed E-state index contributed by atoms with van der Waals surface area (Å²) < 4.78 is 11.8. The van der Waals surface area contributed by atoms with Gasteiger partial charge in [-0.15, -0.1) is 0 Å². The van der Waals surface area contributed by atoms with Crippen molar-refractivity contribution in [1.82, 2.24) is 0 Å². The second-order valence-electron chi connectivity index (χ2n) is 4.99. The molecule has 4 heteroatoms. The van der Waals surface area contributed by atoms with E-state index >= 15 is 0 Å². The molecule has 0 aromatic heterocycles. The SMILES string of the molecule is Cc1c(Oc2ccc(Cl)cc2)cccc1Oc1ccc(Cl)cc1. The van der Waals surface area contributed by atoms with E-state index in [-0.39, 0.29) is 0 Å². The second-order valence-corrected chi connectivity index (χ2v) is 5.86. The van der Waals surface area contributed by atoms with E-state index in [2.05, 4.69) is 0 Å². The first kappa shape index (κ1) is 15.7. The Bertz CT molecular complexity index is 731. The van der Waals surface area contributed by atoms with Gasteiger partial charge in [0.25, 0.3) is 0 Å². The van der Waals surface area contributed by atoms with Crippen molar-refractivity contribution in [1.29, 1.82) is 0 Å². The summed E-state index contributed by atoms with van der Waals surface area (Å²) in [7, 11) is 0. The van der Waals surface area contributed by atoms with E-state index in [0.29, 0.717) is 10.0 Å². The monoisotopic (exact) mass is 344 g/mol. The zero-order chi connectivity index (χ0) is 16.2. The molecular formula is C19H14Cl2O2. The molecule has 0 aliphatic heterocycles. The minimum Gasteiger partial charge on any atom is -0.457 e. The highest BCUT2D eigenvalue weighted by Gasteiger charge is 2.08. The summed E-state index contributed by atoms with van der Waals surface area (Å²) >= 11 is 11.8. The third-order valence-electron chi connectivity index (χ3n) is 3.32. The zero-order valence-electron chi connectivity index (χ0n) is 12.4. The Morgan fingerprint density at radius 1 is 0.609 bits per heavy atom. The first-order chi connectivity index (χ1) is 11.1. The maximum atomic E-state index is 5.90. The van der Waals surface area contributed by atoms with Crippen LogP contribution in [0.3, 0.4) is 0 Å². The molecule has 0 aliphatic rings. The van der Waals surface area contributed by atoms with Crippen LogP contribution in [-0.4, -0.2) is 0 Å². The summed E-state index contributed by atoms with van der Waals surface area (Å²) in [6.07, 6.45) is 0. The number of benzene rings is 3. The molecule has 116 valence electrons. The summed E-state index contributed by atoms with van der Waals surface area (Å²) in [5.74, 6) is 2.92. The molecular weight excluding hydrogens is 331 g/mol. The van der Waals surface area contributed by atoms with E-state index in [1.165, 1.54) is 0 Å². The van der Waals surface area contributed by atoms with E-state index in [1.54, 1.807) is 24.3 Å². The van der Waals surface area contributed by atoms with Crippen LogP contribution in [0.5, 0.6) is 23.0 Å². The largest absolute Gasteiger partial charge is 0.457 e. The minimum absolute atomic E-state index is 0.675. The second kappa shape index (κ2) is 6.95. The van der Waals surface area contributed by atoms with Gasteiger partial charge >= 0.3 is 0 Å². The Morgan fingerprint density at radius 3 is 1.39 bits per heavy atom. The van der Waals surface area contributed by atoms with Crippen LogP contribution in [0, 0.1) is 6.92 Å². The van der Waals surface area contributed by atoms with E-state index in [9.17, 15) is 0 Å². The number of ether oxygens (including phenoxy) is 2. The Labute approximate surface area is 145 Å². The lowest BCUT2D eigenvalue weighted by atomic mass is 10.2. The number of hydrogen-bond acceptors (Lipinski definition) is 2. The van der Waals surface area contributed by atoms with Gasteiger partial charge in [-0.2, -0.15) is 0 Å². The fraction of sp³-hybridized carbons (Fsp3) is 0.0526. The normalized spacial score (nSPS) is 10.4. The van der Waals surface area contributed by atoms with Gasteiger partial charge in [0.1, 0.15) is 23.0 Å². The molecule has 0 aliphatic carbocycles. The lowest BCUT2D eigenvalue weighted by Gasteiger charge is -2.13. The van der Waals surface area contributed by atoms with Crippen molar-refractivity contribution in [3.63, 3.8) is 0 Å². The van der Waals surface area contributed by atoms with E-state index in [4.69, 9.17) is 32.7 Å². The summed E-state index contributed by atoms with van der Waals surface area (Å²) in [5.41, 5.74) is 0.914. The molecule has 0 saturated carbocycles. The van der Waals surface area contributed by atoms with Crippen LogP contribution in [0.4, 0.5) is 0 Å². The Balaban J connectivity index is 1.83. The summed E-state index contributed by atoms with van der Waals surface area (Å²) in [4.78, 5) is 0. The van der Waals surface area contributed by atoms with Crippen molar-refractivity contribution in [2.75, 3.05) is 0 Å². The molecule has 0 bridgehead atoms. The molecule has 0 saturated heterocycles. The van der Waals surface area contributed by atoms with Gasteiger partial charge in [0, 0.05) is 15.6 Å². The van der Waals surface area contributed by atoms with Gasteiger partial charge in [0.15, 0.2) is 0 Å². The van der Waals surface area contributed by atoms with Gasteiger partial charge in [-0.25, -0.2) is 0 Å². The number of halogens is 2. The molecule has 3 rings (SSSR count). The zero-order valence-corrected chi connectivity index (χ0v) is 13.9. The number of hydrogen-bond donors (Lipinski definition) is 0. The van der Waals surface area contributed by atoms with Crippen molar-refractivity contribution < 1.29 is 9.47 Å². The molecule has 2 nitrogen and oxygen atoms in total. The first-order valence-electron chi connectivity index (χ1n) is 7.08. The van der Waals surface area contributed by atoms with Crippen molar-refractivity contribution in [2.24, 2.45) is 0 Å². The van der Waals surface area contributed by atoms with Gasteiger partial charge in [-0.1, -0.05) is 29.3 Å². The van der Waals surface area contributed by atoms with Gasteiger partial charge < -0.3 is 9.47 Å². The standard InChI is InChI=1S/C19H14Cl2O2/c1-13-18(22-16-9-5-14(20)6-10-16)3-2-4-19(13)23-17-11-7-15(21)8-12-17/h2-12H,1H3. The lowest BCUT2D eigenvalue weighted by molar-refractivity contribution is 0.453. The van der Waals surface area contributed by atoms with Crippen LogP contribution in [0.2, 0.25) is 10.0 Å². The van der Waals surface area contributed by atoms with E-state index in [1.807, 2.05) is 49.4 Å². The smallest absolute Gasteiger partial charge is 0.134 e. The summed E-state index contributed by atoms with van der Waals surface area (Å²) in [6, 6.07) is 20.2. The third-order valence-corrected chi connectivity index (χ3v) is 3.82. The predicted octanol–water partition coefficient (Wildman–Crippen LogP) is 6.89. The molecule has 0 heterocycles. The fourth-order valence-electron chi connectivity index (χ4n) is 2.07. The molecule has 3 aromatic rings. The molecule has 0 amide bonds. The molecule has 0 fully saturated rings. The van der Waals surface area contributed by atoms with Crippen LogP contribution in [0.1, 0.15) is 5.56 Å². The molecule has 0 atom stereocenters. The predicted molar refractivity (Wildman–Crippen MR) is 94.2 cm³/mol. The summed E-state index contributed by atoms with van der Waals surface area (Å²) in [5, 5.41) is 1.35. The van der Waals surface area contributed by atoms with Crippen LogP contribution >= 0.6 is 23.2 Å². The highest BCUT2D eigenvalue weighted by atomic mass is 35.5. The third kappa shape index (κ3) is 3.98. The maximum Gasteiger partial charge on any atom is 0.134 e. The Kier molecular flexibility index (Phi) is 4.75. The van der Waals surface area contributed by atoms with Gasteiger partial charge in [0.2, 0.25) is 0 Å². The van der Waals surface area contributed by atoms with Crippen molar-refractivity contribution in [3.05, 3.63) is 82.3 Å². The van der Waals surface area contributed by atoms with Crippen LogP contribution in [-0.2, 0) is 0 Å². The van der Waals surface area contributed by atoms with E-state index in [0.717, 1.165) is 28.6 Å². The molecule has 23 heavy (non-hydrogen) atoms. The van der Waals surface area contributed by atoms with Crippen LogP contribution in [0.25, 0.3) is 0 Å². The van der Waals surface area contributed by atoms with Crippen molar-refractivity contribution in [3.8, 4) is 23.0 Å². The average molecular weight is 345 g/mol. The Morgan fingerprint density at radius 2 is 1.00 bits per heavy atom. The topological polar surface area (TPSA) is 18.5 Å². The highest BCUT2D eigenvalue weighted by molar-refractivity contribution is 6.30. The minimum atomic E-state index is 0.675. The van der Waals surface area contributed by atoms with Crippen molar-refractivity contribution in [2.45, 2.75) is 6.92 Å².